The molecule has 2 heterocycles. The van der Waals surface area contributed by atoms with E-state index in [-0.39, 0.29) is 18.7 Å². The van der Waals surface area contributed by atoms with E-state index in [9.17, 15) is 22.9 Å². The zero-order valence-corrected chi connectivity index (χ0v) is 14.9. The van der Waals surface area contributed by atoms with E-state index in [2.05, 4.69) is 10.2 Å². The number of ether oxygens (including phenoxy) is 1. The van der Waals surface area contributed by atoms with Gasteiger partial charge in [-0.1, -0.05) is 6.07 Å². The lowest BCUT2D eigenvalue weighted by Gasteiger charge is -2.11. The number of carbonyl (C=O) groups excluding carboxylic acids is 1. The number of fused-ring (bicyclic) bond motifs is 1. The van der Waals surface area contributed by atoms with E-state index in [0.717, 1.165) is 16.2 Å². The highest BCUT2D eigenvalue weighted by Crippen LogP contribution is 2.31. The third-order valence-electron chi connectivity index (χ3n) is 3.95. The van der Waals surface area contributed by atoms with Gasteiger partial charge in [0.05, 0.1) is 6.42 Å². The van der Waals surface area contributed by atoms with Crippen LogP contribution in [-0.2, 0) is 24.0 Å². The Balaban J connectivity index is 1.74. The predicted molar refractivity (Wildman–Crippen MR) is 94.6 cm³/mol. The van der Waals surface area contributed by atoms with Crippen LogP contribution in [0.1, 0.15) is 22.5 Å². The third kappa shape index (κ3) is 4.30. The van der Waals surface area contributed by atoms with Crippen LogP contribution >= 0.6 is 11.3 Å². The van der Waals surface area contributed by atoms with Crippen molar-refractivity contribution in [2.75, 3.05) is 0 Å². The highest BCUT2D eigenvalue weighted by molar-refractivity contribution is 7.17. The highest BCUT2D eigenvalue weighted by atomic mass is 32.1. The number of carbonyl (C=O) groups is 1. The van der Waals surface area contributed by atoms with E-state index < -0.39 is 17.8 Å². The zero-order chi connectivity index (χ0) is 19.6. The molecule has 0 N–H and O–H groups in total. The van der Waals surface area contributed by atoms with Gasteiger partial charge in [0.2, 0.25) is 0 Å². The fourth-order valence-electron chi connectivity index (χ4n) is 2.55. The molecule has 1 amide bonds. The molecule has 0 aliphatic rings. The zero-order valence-electron chi connectivity index (χ0n) is 14.0. The van der Waals surface area contributed by atoms with Crippen LogP contribution in [0.25, 0.3) is 10.1 Å². The number of hydrogen-bond donors (Lipinski definition) is 0. The number of rotatable bonds is 5. The summed E-state index contributed by atoms with van der Waals surface area (Å²) in [4.78, 5) is 25.0. The van der Waals surface area contributed by atoms with Crippen molar-refractivity contribution in [3.05, 3.63) is 63.1 Å². The van der Waals surface area contributed by atoms with Crippen LogP contribution < -0.4 is 4.74 Å². The molecule has 1 aromatic carbocycles. The minimum atomic E-state index is -4.48. The van der Waals surface area contributed by atoms with Gasteiger partial charge in [0.25, 0.3) is 5.91 Å². The van der Waals surface area contributed by atoms with Gasteiger partial charge in [0.15, 0.2) is 0 Å². The fourth-order valence-corrected chi connectivity index (χ4v) is 3.54. The van der Waals surface area contributed by atoms with Gasteiger partial charge in [0, 0.05) is 21.1 Å². The van der Waals surface area contributed by atoms with Crippen molar-refractivity contribution in [2.24, 2.45) is 5.18 Å². The van der Waals surface area contributed by atoms with E-state index in [4.69, 9.17) is 4.74 Å². The van der Waals surface area contributed by atoms with Crippen molar-refractivity contribution in [2.45, 2.75) is 26.1 Å². The quantitative estimate of drug-likeness (QED) is 0.569. The predicted octanol–water partition coefficient (Wildman–Crippen LogP) is 5.04. The molecular weight excluding hydrogens is 381 g/mol. The molecular formula is C18H13F3N2O3S. The molecule has 0 atom stereocenters. The first kappa shape index (κ1) is 19.0. The van der Waals surface area contributed by atoms with E-state index in [1.165, 1.54) is 24.3 Å². The lowest BCUT2D eigenvalue weighted by molar-refractivity contribution is -0.141. The Morgan fingerprint density at radius 2 is 2.00 bits per heavy atom. The Bertz CT molecular complexity index is 1010. The normalized spacial score (nSPS) is 11.6. The number of nitrogens with zero attached hydrogens (tertiary/aromatic N) is 2. The third-order valence-corrected chi connectivity index (χ3v) is 4.94. The standard InChI is InChI=1S/C18H13F3N2O3S/c1-10-11(2-5-16(22-10)18(19,20)21)8-26-13-3-4-14-12(6-17(24)23-25)9-27-15(14)7-13/h2-5,7,9H,6,8H2,1H3. The molecule has 0 fully saturated rings. The fraction of sp³-hybridized carbons (Fsp3) is 0.222. The SMILES string of the molecule is Cc1nc(C(F)(F)F)ccc1COc1ccc2c(CC(=O)N=O)csc2c1. The van der Waals surface area contributed by atoms with Crippen LogP contribution in [-0.4, -0.2) is 10.9 Å². The summed E-state index contributed by atoms with van der Waals surface area (Å²) in [6, 6.07) is 7.52. The number of amides is 1. The van der Waals surface area contributed by atoms with Gasteiger partial charge >= 0.3 is 6.18 Å². The number of hydrogen-bond acceptors (Lipinski definition) is 5. The van der Waals surface area contributed by atoms with E-state index in [0.29, 0.717) is 16.9 Å². The number of halogens is 3. The van der Waals surface area contributed by atoms with Crippen LogP contribution in [0.5, 0.6) is 5.75 Å². The summed E-state index contributed by atoms with van der Waals surface area (Å²) in [5.74, 6) is -0.199. The number of aryl methyl sites for hydroxylation is 1. The molecule has 0 aliphatic carbocycles. The maximum absolute atomic E-state index is 12.7. The molecule has 140 valence electrons. The molecule has 2 aromatic heterocycles. The Morgan fingerprint density at radius 3 is 2.67 bits per heavy atom. The first-order chi connectivity index (χ1) is 12.8. The molecule has 0 radical (unpaired) electrons. The molecule has 5 nitrogen and oxygen atoms in total. The monoisotopic (exact) mass is 394 g/mol. The maximum atomic E-state index is 12.7. The van der Waals surface area contributed by atoms with Gasteiger partial charge in [-0.2, -0.15) is 13.2 Å². The Morgan fingerprint density at radius 1 is 1.22 bits per heavy atom. The molecule has 0 unspecified atom stereocenters. The number of thiophene rings is 1. The van der Waals surface area contributed by atoms with Crippen molar-refractivity contribution in [1.82, 2.24) is 4.98 Å². The molecule has 0 bridgehead atoms. The molecule has 27 heavy (non-hydrogen) atoms. The lowest BCUT2D eigenvalue weighted by Crippen LogP contribution is -2.10. The second-order valence-corrected chi connectivity index (χ2v) is 6.72. The second kappa shape index (κ2) is 7.43. The Hall–Kier alpha value is -2.81. The van der Waals surface area contributed by atoms with Crippen molar-refractivity contribution in [3.8, 4) is 5.75 Å². The van der Waals surface area contributed by atoms with Gasteiger partial charge in [-0.15, -0.1) is 16.2 Å². The molecule has 3 aromatic rings. The van der Waals surface area contributed by atoms with Crippen molar-refractivity contribution >= 4 is 27.3 Å². The topological polar surface area (TPSA) is 68.6 Å². The lowest BCUT2D eigenvalue weighted by atomic mass is 10.1. The van der Waals surface area contributed by atoms with E-state index in [1.807, 2.05) is 0 Å². The average Bonchev–Trinajstić information content (AvgIpc) is 3.01. The van der Waals surface area contributed by atoms with Gasteiger partial charge in [-0.3, -0.25) is 4.79 Å². The number of pyridine rings is 1. The molecule has 0 aliphatic heterocycles. The van der Waals surface area contributed by atoms with Crippen LogP contribution in [0.2, 0.25) is 0 Å². The van der Waals surface area contributed by atoms with Crippen LogP contribution in [0, 0.1) is 11.8 Å². The number of aromatic nitrogens is 1. The van der Waals surface area contributed by atoms with Crippen molar-refractivity contribution in [1.29, 1.82) is 0 Å². The smallest absolute Gasteiger partial charge is 0.433 e. The van der Waals surface area contributed by atoms with Crippen LogP contribution in [0.15, 0.2) is 40.9 Å². The summed E-state index contributed by atoms with van der Waals surface area (Å²) in [5, 5.41) is 5.00. The largest absolute Gasteiger partial charge is 0.489 e. The molecule has 9 heteroatoms. The summed E-state index contributed by atoms with van der Waals surface area (Å²) >= 11 is 1.40. The van der Waals surface area contributed by atoms with Gasteiger partial charge in [0.1, 0.15) is 18.1 Å². The summed E-state index contributed by atoms with van der Waals surface area (Å²) in [5.41, 5.74) is 0.589. The van der Waals surface area contributed by atoms with Gasteiger partial charge < -0.3 is 4.74 Å². The Labute approximate surface area is 155 Å². The van der Waals surface area contributed by atoms with E-state index in [1.54, 1.807) is 23.6 Å². The number of nitroso groups, excluding NO2 is 1. The number of benzene rings is 1. The van der Waals surface area contributed by atoms with E-state index >= 15 is 0 Å². The molecule has 0 saturated carbocycles. The van der Waals surface area contributed by atoms with Crippen LogP contribution in [0.4, 0.5) is 13.2 Å². The second-order valence-electron chi connectivity index (χ2n) is 5.81. The number of alkyl halides is 3. The first-order valence-electron chi connectivity index (χ1n) is 7.81. The minimum Gasteiger partial charge on any atom is -0.489 e. The molecule has 0 saturated heterocycles. The Kier molecular flexibility index (Phi) is 5.22. The van der Waals surface area contributed by atoms with Gasteiger partial charge in [-0.05, 0) is 47.5 Å². The first-order valence-corrected chi connectivity index (χ1v) is 8.68. The van der Waals surface area contributed by atoms with Crippen molar-refractivity contribution in [3.63, 3.8) is 0 Å². The summed E-state index contributed by atoms with van der Waals surface area (Å²) < 4.78 is 44.5. The summed E-state index contributed by atoms with van der Waals surface area (Å²) in [6.07, 6.45) is -4.53. The average molecular weight is 394 g/mol. The van der Waals surface area contributed by atoms with Crippen LogP contribution in [0.3, 0.4) is 0 Å². The summed E-state index contributed by atoms with van der Waals surface area (Å²) in [7, 11) is 0. The van der Waals surface area contributed by atoms with Gasteiger partial charge in [-0.25, -0.2) is 4.98 Å². The highest BCUT2D eigenvalue weighted by Gasteiger charge is 2.32. The minimum absolute atomic E-state index is 0.0554. The molecule has 3 rings (SSSR count). The summed E-state index contributed by atoms with van der Waals surface area (Å²) in [6.45, 7) is 1.58. The maximum Gasteiger partial charge on any atom is 0.433 e. The molecule has 0 spiro atoms. The van der Waals surface area contributed by atoms with Crippen molar-refractivity contribution < 1.29 is 22.7 Å².